The molecule has 0 saturated carbocycles. The van der Waals surface area contributed by atoms with Crippen molar-refractivity contribution in [1.82, 2.24) is 19.9 Å². The average Bonchev–Trinajstić information content (AvgIpc) is 3.54. The van der Waals surface area contributed by atoms with Gasteiger partial charge in [-0.2, -0.15) is 0 Å². The summed E-state index contributed by atoms with van der Waals surface area (Å²) < 4.78 is 7.62. The lowest BCUT2D eigenvalue weighted by Crippen LogP contribution is -2.33. The number of hydrogen-bond acceptors (Lipinski definition) is 4. The van der Waals surface area contributed by atoms with Crippen LogP contribution in [-0.2, 0) is 4.79 Å². The quantitative estimate of drug-likeness (QED) is 0.458. The number of rotatable bonds is 6. The molecule has 1 saturated heterocycles. The molecule has 1 amide bonds. The Morgan fingerprint density at radius 1 is 0.875 bits per heavy atom. The second-order valence-electron chi connectivity index (χ2n) is 7.91. The van der Waals surface area contributed by atoms with Crippen molar-refractivity contribution in [2.24, 2.45) is 0 Å². The van der Waals surface area contributed by atoms with Gasteiger partial charge in [-0.3, -0.25) is 4.79 Å². The van der Waals surface area contributed by atoms with Crippen molar-refractivity contribution in [2.45, 2.75) is 12.5 Å². The van der Waals surface area contributed by atoms with E-state index in [1.54, 1.807) is 0 Å². The Bertz CT molecular complexity index is 1170. The first kappa shape index (κ1) is 20.0. The minimum atomic E-state index is -0.0111. The molecule has 2 heterocycles. The van der Waals surface area contributed by atoms with E-state index < -0.39 is 0 Å². The Kier molecular flexibility index (Phi) is 5.66. The fraction of sp³-hybridized carbons (Fsp3) is 0.192. The summed E-state index contributed by atoms with van der Waals surface area (Å²) in [6.07, 6.45) is 2.81. The van der Waals surface area contributed by atoms with Gasteiger partial charge in [0.2, 0.25) is 0 Å². The van der Waals surface area contributed by atoms with Crippen LogP contribution in [0.15, 0.2) is 91.1 Å². The van der Waals surface area contributed by atoms with E-state index in [2.05, 4.69) is 22.4 Å². The molecule has 1 fully saturated rings. The van der Waals surface area contributed by atoms with Crippen LogP contribution in [0.1, 0.15) is 12.5 Å². The predicted molar refractivity (Wildman–Crippen MR) is 123 cm³/mol. The molecule has 0 N–H and O–H groups in total. The van der Waals surface area contributed by atoms with Crippen LogP contribution in [0.5, 0.6) is 5.75 Å². The van der Waals surface area contributed by atoms with Crippen LogP contribution in [0, 0.1) is 0 Å². The molecule has 0 bridgehead atoms. The molecule has 32 heavy (non-hydrogen) atoms. The van der Waals surface area contributed by atoms with Crippen molar-refractivity contribution in [3.8, 4) is 28.1 Å². The predicted octanol–water partition coefficient (Wildman–Crippen LogP) is 4.46. The summed E-state index contributed by atoms with van der Waals surface area (Å²) in [5, 5.41) is 8.58. The summed E-state index contributed by atoms with van der Waals surface area (Å²) in [5.74, 6) is 0.681. The highest BCUT2D eigenvalue weighted by Gasteiger charge is 2.28. The Labute approximate surface area is 187 Å². The topological polar surface area (TPSA) is 60.2 Å². The molecular weight excluding hydrogens is 400 g/mol. The first-order chi connectivity index (χ1) is 15.8. The highest BCUT2D eigenvalue weighted by atomic mass is 16.5. The summed E-state index contributed by atoms with van der Waals surface area (Å²) in [5.41, 5.74) is 4.16. The van der Waals surface area contributed by atoms with Gasteiger partial charge in [0.25, 0.3) is 5.91 Å². The van der Waals surface area contributed by atoms with Crippen LogP contribution in [0.25, 0.3) is 22.4 Å². The molecule has 0 radical (unpaired) electrons. The third kappa shape index (κ3) is 4.39. The minimum absolute atomic E-state index is 0.0111. The highest BCUT2D eigenvalue weighted by Crippen LogP contribution is 2.25. The van der Waals surface area contributed by atoms with E-state index in [-0.39, 0.29) is 18.6 Å². The Morgan fingerprint density at radius 2 is 1.53 bits per heavy atom. The van der Waals surface area contributed by atoms with Crippen LogP contribution in [0.3, 0.4) is 0 Å². The molecule has 160 valence electrons. The Morgan fingerprint density at radius 3 is 2.25 bits per heavy atom. The van der Waals surface area contributed by atoms with E-state index in [9.17, 15) is 4.79 Å². The summed E-state index contributed by atoms with van der Waals surface area (Å²) in [6, 6.07) is 28.1. The molecular formula is C26H24N4O2. The van der Waals surface area contributed by atoms with Crippen LogP contribution in [0.4, 0.5) is 0 Å². The Hall–Kier alpha value is -3.93. The molecule has 0 aliphatic carbocycles. The van der Waals surface area contributed by atoms with Crippen molar-refractivity contribution in [3.05, 3.63) is 91.1 Å². The van der Waals surface area contributed by atoms with Gasteiger partial charge in [0.05, 0.1) is 12.2 Å². The minimum Gasteiger partial charge on any atom is -0.484 e. The molecule has 0 spiro atoms. The number of likely N-dealkylation sites (tertiary alicyclic amines) is 1. The van der Waals surface area contributed by atoms with E-state index in [1.807, 2.05) is 88.6 Å². The van der Waals surface area contributed by atoms with Gasteiger partial charge in [-0.1, -0.05) is 78.0 Å². The zero-order chi connectivity index (χ0) is 21.8. The summed E-state index contributed by atoms with van der Waals surface area (Å²) in [6.45, 7) is 1.34. The fourth-order valence-electron chi connectivity index (χ4n) is 3.99. The number of benzene rings is 3. The van der Waals surface area contributed by atoms with Gasteiger partial charge in [0, 0.05) is 18.7 Å². The maximum Gasteiger partial charge on any atom is 0.260 e. The molecule has 1 aliphatic rings. The first-order valence-electron chi connectivity index (χ1n) is 10.8. The van der Waals surface area contributed by atoms with Gasteiger partial charge in [-0.05, 0) is 29.7 Å². The molecule has 5 rings (SSSR count). The molecule has 1 aromatic heterocycles. The number of carbonyl (C=O) groups is 1. The zero-order valence-corrected chi connectivity index (χ0v) is 17.7. The molecule has 1 unspecified atom stereocenters. The molecule has 4 aromatic rings. The standard InChI is InChI=1S/C26H24N4O2/c31-26(19-32-24-13-11-21(12-14-24)20-7-3-1-4-8-20)29-16-15-23(17-29)30-18-25(27-28-30)22-9-5-2-6-10-22/h1-14,18,23H,15-17,19H2. The number of carbonyl (C=O) groups excluding carboxylic acids is 1. The third-order valence-corrected chi connectivity index (χ3v) is 5.79. The van der Waals surface area contributed by atoms with Gasteiger partial charge in [0.15, 0.2) is 6.61 Å². The lowest BCUT2D eigenvalue weighted by molar-refractivity contribution is -0.132. The number of amides is 1. The maximum absolute atomic E-state index is 12.7. The van der Waals surface area contributed by atoms with Gasteiger partial charge in [0.1, 0.15) is 11.4 Å². The van der Waals surface area contributed by atoms with Crippen LogP contribution >= 0.6 is 0 Å². The number of ether oxygens (including phenoxy) is 1. The average molecular weight is 425 g/mol. The van der Waals surface area contributed by atoms with Gasteiger partial charge in [-0.15, -0.1) is 5.10 Å². The van der Waals surface area contributed by atoms with E-state index in [1.165, 1.54) is 0 Å². The molecule has 6 nitrogen and oxygen atoms in total. The number of aromatic nitrogens is 3. The Balaban J connectivity index is 1.15. The third-order valence-electron chi connectivity index (χ3n) is 5.79. The molecule has 1 atom stereocenters. The number of nitrogens with zero attached hydrogens (tertiary/aromatic N) is 4. The first-order valence-corrected chi connectivity index (χ1v) is 10.8. The van der Waals surface area contributed by atoms with Crippen molar-refractivity contribution in [1.29, 1.82) is 0 Å². The monoisotopic (exact) mass is 424 g/mol. The molecule has 3 aromatic carbocycles. The normalized spacial score (nSPS) is 15.6. The SMILES string of the molecule is O=C(COc1ccc(-c2ccccc2)cc1)N1CCC(n2cc(-c3ccccc3)nn2)C1. The maximum atomic E-state index is 12.7. The highest BCUT2D eigenvalue weighted by molar-refractivity contribution is 5.78. The second kappa shape index (κ2) is 9.06. The summed E-state index contributed by atoms with van der Waals surface area (Å²) in [7, 11) is 0. The van der Waals surface area contributed by atoms with Gasteiger partial charge >= 0.3 is 0 Å². The molecule has 1 aliphatic heterocycles. The van der Waals surface area contributed by atoms with Crippen molar-refractivity contribution in [2.75, 3.05) is 19.7 Å². The smallest absolute Gasteiger partial charge is 0.260 e. The number of hydrogen-bond donors (Lipinski definition) is 0. The van der Waals surface area contributed by atoms with Crippen molar-refractivity contribution in [3.63, 3.8) is 0 Å². The van der Waals surface area contributed by atoms with E-state index in [0.29, 0.717) is 18.8 Å². The van der Waals surface area contributed by atoms with Gasteiger partial charge in [-0.25, -0.2) is 4.68 Å². The lowest BCUT2D eigenvalue weighted by Gasteiger charge is -2.17. The second-order valence-corrected chi connectivity index (χ2v) is 7.91. The van der Waals surface area contributed by atoms with E-state index in [4.69, 9.17) is 4.74 Å². The lowest BCUT2D eigenvalue weighted by atomic mass is 10.1. The molecule has 6 heteroatoms. The van der Waals surface area contributed by atoms with E-state index >= 15 is 0 Å². The van der Waals surface area contributed by atoms with E-state index in [0.717, 1.165) is 28.8 Å². The zero-order valence-electron chi connectivity index (χ0n) is 17.7. The largest absolute Gasteiger partial charge is 0.484 e. The summed E-state index contributed by atoms with van der Waals surface area (Å²) in [4.78, 5) is 14.5. The van der Waals surface area contributed by atoms with Gasteiger partial charge < -0.3 is 9.64 Å². The summed E-state index contributed by atoms with van der Waals surface area (Å²) >= 11 is 0. The fourth-order valence-corrected chi connectivity index (χ4v) is 3.99. The van der Waals surface area contributed by atoms with Crippen LogP contribution < -0.4 is 4.74 Å². The van der Waals surface area contributed by atoms with Crippen molar-refractivity contribution < 1.29 is 9.53 Å². The van der Waals surface area contributed by atoms with Crippen molar-refractivity contribution >= 4 is 5.91 Å². The van der Waals surface area contributed by atoms with Crippen LogP contribution in [0.2, 0.25) is 0 Å². The van der Waals surface area contributed by atoms with Crippen LogP contribution in [-0.4, -0.2) is 45.5 Å².